The quantitative estimate of drug-likeness (QED) is 0.107. The Balaban J connectivity index is 1.15. The minimum absolute atomic E-state index is 0.0221. The van der Waals surface area contributed by atoms with E-state index in [1.807, 2.05) is 76.4 Å². The monoisotopic (exact) mass is 871 g/mol. The lowest BCUT2D eigenvalue weighted by molar-refractivity contribution is -0.141. The molecular formula is C44H53N7O8S2. The maximum Gasteiger partial charge on any atom is 0.296 e. The third-order valence-corrected chi connectivity index (χ3v) is 14.8. The Labute approximate surface area is 359 Å². The summed E-state index contributed by atoms with van der Waals surface area (Å²) in [6.45, 7) is 13.7. The van der Waals surface area contributed by atoms with Gasteiger partial charge in [0.05, 0.1) is 30.1 Å². The molecule has 0 radical (unpaired) electrons. The first kappa shape index (κ1) is 42.4. The zero-order chi connectivity index (χ0) is 43.6. The molecule has 1 saturated heterocycles. The van der Waals surface area contributed by atoms with Gasteiger partial charge in [0, 0.05) is 28.8 Å². The van der Waals surface area contributed by atoms with Crippen LogP contribution in [0.25, 0.3) is 32.7 Å². The third-order valence-electron chi connectivity index (χ3n) is 12.1. The molecular weight excluding hydrogens is 819 g/mol. The summed E-state index contributed by atoms with van der Waals surface area (Å²) in [5, 5.41) is 9.02. The maximum atomic E-state index is 15.0. The number of ether oxygens (including phenoxy) is 2. The van der Waals surface area contributed by atoms with Gasteiger partial charge in [-0.2, -0.15) is 4.98 Å². The van der Waals surface area contributed by atoms with E-state index >= 15 is 4.79 Å². The molecule has 0 unspecified atom stereocenters. The maximum absolute atomic E-state index is 15.0. The smallest absolute Gasteiger partial charge is 0.296 e. The Bertz CT molecular complexity index is 2600. The zero-order valence-corrected chi connectivity index (χ0v) is 37.3. The number of thiazole rings is 1. The fourth-order valence-corrected chi connectivity index (χ4v) is 10.5. The molecule has 17 heteroatoms. The van der Waals surface area contributed by atoms with E-state index in [1.165, 1.54) is 16.2 Å². The van der Waals surface area contributed by atoms with Gasteiger partial charge in [-0.05, 0) is 67.7 Å². The van der Waals surface area contributed by atoms with E-state index < -0.39 is 62.1 Å². The number of fused-ring (bicyclic) bond motifs is 2. The second-order valence-corrected chi connectivity index (χ2v) is 20.7. The number of likely N-dealkylation sites (tertiary alicyclic amines) is 1. The molecule has 8 rings (SSSR count). The highest BCUT2D eigenvalue weighted by Crippen LogP contribution is 2.47. The molecule has 2 saturated carbocycles. The van der Waals surface area contributed by atoms with E-state index in [-0.39, 0.29) is 37.2 Å². The number of oxazole rings is 1. The summed E-state index contributed by atoms with van der Waals surface area (Å²) in [5.74, 6) is -0.631. The van der Waals surface area contributed by atoms with Crippen LogP contribution in [-0.2, 0) is 24.4 Å². The molecule has 5 atom stereocenters. The van der Waals surface area contributed by atoms with Gasteiger partial charge in [0.15, 0.2) is 5.58 Å². The Morgan fingerprint density at radius 2 is 1.82 bits per heavy atom. The van der Waals surface area contributed by atoms with E-state index in [0.29, 0.717) is 53.1 Å². The first-order valence-electron chi connectivity index (χ1n) is 20.8. The number of sulfonamides is 1. The largest absolute Gasteiger partial charge is 0.496 e. The molecule has 3 fully saturated rings. The molecule has 4 heterocycles. The summed E-state index contributed by atoms with van der Waals surface area (Å²) in [5.41, 5.74) is 2.07. The van der Waals surface area contributed by atoms with Crippen molar-refractivity contribution in [1.82, 2.24) is 29.9 Å². The second kappa shape index (κ2) is 15.9. The van der Waals surface area contributed by atoms with Crippen molar-refractivity contribution >= 4 is 67.1 Å². The van der Waals surface area contributed by atoms with Crippen LogP contribution < -0.4 is 24.8 Å². The van der Waals surface area contributed by atoms with Crippen molar-refractivity contribution in [2.24, 2.45) is 11.3 Å². The summed E-state index contributed by atoms with van der Waals surface area (Å²) in [4.78, 5) is 59.4. The molecule has 2 aliphatic carbocycles. The van der Waals surface area contributed by atoms with Gasteiger partial charge in [0.25, 0.3) is 11.9 Å². The first-order chi connectivity index (χ1) is 28.9. The number of anilines is 1. The Hall–Kier alpha value is -5.29. The average molecular weight is 872 g/mol. The highest BCUT2D eigenvalue weighted by molar-refractivity contribution is 7.91. The van der Waals surface area contributed by atoms with Gasteiger partial charge < -0.3 is 29.4 Å². The van der Waals surface area contributed by atoms with Crippen molar-refractivity contribution in [3.8, 4) is 22.2 Å². The molecule has 324 valence electrons. The summed E-state index contributed by atoms with van der Waals surface area (Å²) in [7, 11) is -2.27. The predicted octanol–water partition coefficient (Wildman–Crippen LogP) is 6.71. The summed E-state index contributed by atoms with van der Waals surface area (Å²) in [6.07, 6.45) is 1.17. The number of pyridine rings is 1. The Morgan fingerprint density at radius 3 is 2.46 bits per heavy atom. The molecule has 1 aliphatic heterocycles. The number of rotatable bonds is 14. The van der Waals surface area contributed by atoms with Crippen LogP contribution in [0.15, 0.2) is 52.3 Å². The van der Waals surface area contributed by atoms with E-state index in [2.05, 4.69) is 34.2 Å². The van der Waals surface area contributed by atoms with Crippen LogP contribution in [-0.4, -0.2) is 88.6 Å². The lowest BCUT2D eigenvalue weighted by Crippen LogP contribution is -2.58. The predicted molar refractivity (Wildman–Crippen MR) is 233 cm³/mol. The van der Waals surface area contributed by atoms with Crippen LogP contribution >= 0.6 is 11.3 Å². The number of benzene rings is 2. The van der Waals surface area contributed by atoms with E-state index in [0.717, 1.165) is 21.7 Å². The van der Waals surface area contributed by atoms with Crippen LogP contribution in [0.1, 0.15) is 90.8 Å². The number of carbonyl (C=O) groups is 3. The van der Waals surface area contributed by atoms with E-state index in [1.54, 1.807) is 13.2 Å². The number of hydrogen-bond acceptors (Lipinski definition) is 13. The molecule has 5 aromatic rings. The number of carbonyl (C=O) groups excluding carboxylic acids is 3. The van der Waals surface area contributed by atoms with Crippen molar-refractivity contribution in [3.63, 3.8) is 0 Å². The fraction of sp³-hybridized carbons (Fsp3) is 0.500. The van der Waals surface area contributed by atoms with Gasteiger partial charge >= 0.3 is 0 Å². The number of amides is 3. The molecule has 2 aromatic carbocycles. The van der Waals surface area contributed by atoms with Crippen molar-refractivity contribution in [2.75, 3.05) is 19.0 Å². The Morgan fingerprint density at radius 1 is 1.07 bits per heavy atom. The summed E-state index contributed by atoms with van der Waals surface area (Å²) < 4.78 is 46.6. The summed E-state index contributed by atoms with van der Waals surface area (Å²) in [6, 6.07) is 11.0. The molecule has 3 aromatic heterocycles. The minimum Gasteiger partial charge on any atom is -0.496 e. The van der Waals surface area contributed by atoms with Crippen molar-refractivity contribution < 1.29 is 36.7 Å². The highest BCUT2D eigenvalue weighted by Gasteiger charge is 2.62. The van der Waals surface area contributed by atoms with Crippen LogP contribution in [0.5, 0.6) is 11.5 Å². The molecule has 0 bridgehead atoms. The molecule has 15 nitrogen and oxygen atoms in total. The standard InChI is InChI=1S/C44H53N7O8S2/c1-9-25-20-44(25,41(54)50-61(55,56)27-14-15-27)49-38(52)32-18-26(21-51(32)40(53)37(43(5,6)7)48-42-47-29-12-10-11-13-34(29)59-42)58-35-19-30(39-46-31(22-60-39)23(2)3)45-36-24(4)33(57-8)17-16-28(35)36/h10-13,16-17,19,22-23,25-27,32,37H,9,14-15,18,20-21H2,1-8H3,(H,47,48)(H,49,52)(H,50,54)/t25-,26-,32+,37-,44-/m1/s1. The fourth-order valence-electron chi connectivity index (χ4n) is 8.20. The van der Waals surface area contributed by atoms with E-state index in [9.17, 15) is 18.0 Å². The number of aromatic nitrogens is 3. The first-order valence-corrected chi connectivity index (χ1v) is 23.3. The van der Waals surface area contributed by atoms with Crippen molar-refractivity contribution in [2.45, 2.75) is 115 Å². The number of methoxy groups -OCH3 is 1. The second-order valence-electron chi connectivity index (χ2n) is 17.9. The molecule has 3 amide bonds. The third kappa shape index (κ3) is 8.25. The molecule has 0 spiro atoms. The van der Waals surface area contributed by atoms with Crippen LogP contribution in [0.4, 0.5) is 6.01 Å². The number of nitrogens with one attached hydrogen (secondary N) is 3. The lowest BCUT2D eigenvalue weighted by atomic mass is 9.85. The van der Waals surface area contributed by atoms with Crippen molar-refractivity contribution in [3.05, 3.63) is 59.1 Å². The SMILES string of the molecule is CC[C@@H]1C[C@]1(NC(=O)[C@@H]1C[C@@H](Oc2cc(-c3nc(C(C)C)cs3)nc3c(C)c(OC)ccc23)CN1C(=O)[C@@H](Nc1nc2ccccc2o1)C(C)(C)C)C(=O)NS(=O)(=O)C1CC1. The number of aryl methyl sites for hydroxylation is 1. The normalized spacial score (nSPS) is 22.0. The van der Waals surface area contributed by atoms with Crippen LogP contribution in [0.2, 0.25) is 0 Å². The molecule has 3 N–H and O–H groups in total. The lowest BCUT2D eigenvalue weighted by Gasteiger charge is -2.35. The van der Waals surface area contributed by atoms with Crippen LogP contribution in [0, 0.1) is 18.3 Å². The number of nitrogens with zero attached hydrogens (tertiary/aromatic N) is 4. The minimum atomic E-state index is -3.88. The topological polar surface area (TPSA) is 195 Å². The van der Waals surface area contributed by atoms with Gasteiger partial charge in [0.1, 0.15) is 51.4 Å². The van der Waals surface area contributed by atoms with Crippen molar-refractivity contribution in [1.29, 1.82) is 0 Å². The molecule has 3 aliphatic rings. The highest BCUT2D eigenvalue weighted by atomic mass is 32.2. The number of hydrogen-bond donors (Lipinski definition) is 3. The molecule has 61 heavy (non-hydrogen) atoms. The van der Waals surface area contributed by atoms with Gasteiger partial charge in [-0.3, -0.25) is 19.1 Å². The van der Waals surface area contributed by atoms with Gasteiger partial charge in [-0.25, -0.2) is 18.4 Å². The zero-order valence-electron chi connectivity index (χ0n) is 35.7. The van der Waals surface area contributed by atoms with Crippen LogP contribution in [0.3, 0.4) is 0 Å². The average Bonchev–Trinajstić information content (AvgIpc) is 4.02. The van der Waals surface area contributed by atoms with Gasteiger partial charge in [0.2, 0.25) is 21.8 Å². The van der Waals surface area contributed by atoms with E-state index in [4.69, 9.17) is 23.9 Å². The summed E-state index contributed by atoms with van der Waals surface area (Å²) >= 11 is 1.49. The van der Waals surface area contributed by atoms with Gasteiger partial charge in [-0.15, -0.1) is 11.3 Å². The number of para-hydroxylation sites is 2. The van der Waals surface area contributed by atoms with Gasteiger partial charge in [-0.1, -0.05) is 60.1 Å². The Kier molecular flexibility index (Phi) is 11.0.